The van der Waals surface area contributed by atoms with E-state index in [1.807, 2.05) is 0 Å². The molecule has 0 spiro atoms. The maximum absolute atomic E-state index is 12.8. The largest absolute Gasteiger partial charge is 0.503 e. The van der Waals surface area contributed by atoms with Crippen LogP contribution in [0.2, 0.25) is 0 Å². The fourth-order valence-electron chi connectivity index (χ4n) is 1.78. The maximum Gasteiger partial charge on any atom is 0.274 e. The Morgan fingerprint density at radius 1 is 1.41 bits per heavy atom. The molecule has 1 heterocycles. The van der Waals surface area contributed by atoms with Gasteiger partial charge in [-0.25, -0.2) is 9.37 Å². The summed E-state index contributed by atoms with van der Waals surface area (Å²) in [4.78, 5) is 16.3. The van der Waals surface area contributed by atoms with Crippen molar-refractivity contribution in [3.63, 3.8) is 0 Å². The number of hydrogen-bond acceptors (Lipinski definition) is 5. The topological polar surface area (TPSA) is 71.5 Å². The molecule has 0 saturated heterocycles. The van der Waals surface area contributed by atoms with Crippen molar-refractivity contribution in [3.05, 3.63) is 47.4 Å². The number of pyridine rings is 1. The van der Waals surface area contributed by atoms with E-state index < -0.39 is 5.91 Å². The molecule has 0 bridgehead atoms. The van der Waals surface area contributed by atoms with Crippen LogP contribution in [-0.2, 0) is 6.54 Å². The van der Waals surface area contributed by atoms with Crippen LogP contribution in [0.4, 0.5) is 4.39 Å². The van der Waals surface area contributed by atoms with E-state index in [4.69, 9.17) is 4.74 Å². The van der Waals surface area contributed by atoms with Crippen LogP contribution in [0.15, 0.2) is 35.4 Å². The second-order valence-corrected chi connectivity index (χ2v) is 5.20. The third-order valence-corrected chi connectivity index (χ3v) is 3.57. The highest BCUT2D eigenvalue weighted by molar-refractivity contribution is 7.98. The fraction of sp³-hybridized carbons (Fsp3) is 0.200. The number of halogens is 1. The first-order valence-electron chi connectivity index (χ1n) is 6.39. The molecule has 0 saturated carbocycles. The first kappa shape index (κ1) is 16.1. The Balaban J connectivity index is 2.16. The molecule has 22 heavy (non-hydrogen) atoms. The lowest BCUT2D eigenvalue weighted by molar-refractivity contribution is 0.0941. The predicted molar refractivity (Wildman–Crippen MR) is 81.8 cm³/mol. The number of nitrogens with zero attached hydrogens (tertiary/aromatic N) is 1. The van der Waals surface area contributed by atoms with E-state index in [0.29, 0.717) is 5.03 Å². The van der Waals surface area contributed by atoms with Gasteiger partial charge in [-0.15, -0.1) is 11.8 Å². The van der Waals surface area contributed by atoms with E-state index in [-0.39, 0.29) is 29.6 Å². The molecule has 0 atom stereocenters. The zero-order chi connectivity index (χ0) is 16.1. The van der Waals surface area contributed by atoms with Gasteiger partial charge in [0.15, 0.2) is 17.2 Å². The molecule has 1 aromatic heterocycles. The van der Waals surface area contributed by atoms with Gasteiger partial charge in [-0.3, -0.25) is 4.79 Å². The molecule has 2 aromatic rings. The van der Waals surface area contributed by atoms with Crippen LogP contribution < -0.4 is 10.1 Å². The Morgan fingerprint density at radius 2 is 2.09 bits per heavy atom. The number of carbonyl (C=O) groups excluding carboxylic acids is 1. The zero-order valence-electron chi connectivity index (χ0n) is 12.1. The lowest BCUT2D eigenvalue weighted by Crippen LogP contribution is -2.24. The van der Waals surface area contributed by atoms with Crippen molar-refractivity contribution in [1.29, 1.82) is 0 Å². The second kappa shape index (κ2) is 7.13. The summed E-state index contributed by atoms with van der Waals surface area (Å²) in [6, 6.07) is 7.32. The van der Waals surface area contributed by atoms with Gasteiger partial charge < -0.3 is 15.2 Å². The number of methoxy groups -OCH3 is 1. The summed E-state index contributed by atoms with van der Waals surface area (Å²) in [5.41, 5.74) is 0.632. The molecule has 2 rings (SSSR count). The van der Waals surface area contributed by atoms with E-state index in [9.17, 15) is 14.3 Å². The Hall–Kier alpha value is -2.28. The number of nitrogens with one attached hydrogen (secondary N) is 1. The molecule has 0 radical (unpaired) electrons. The van der Waals surface area contributed by atoms with Gasteiger partial charge in [0.1, 0.15) is 10.8 Å². The molecule has 7 heteroatoms. The van der Waals surface area contributed by atoms with Crippen molar-refractivity contribution in [2.75, 3.05) is 13.4 Å². The number of hydrogen-bond donors (Lipinski definition) is 2. The quantitative estimate of drug-likeness (QED) is 0.828. The molecule has 1 aromatic carbocycles. The Bertz CT molecular complexity index is 677. The summed E-state index contributed by atoms with van der Waals surface area (Å²) in [6.07, 6.45) is 1.80. The first-order valence-corrected chi connectivity index (χ1v) is 7.62. The summed E-state index contributed by atoms with van der Waals surface area (Å²) < 4.78 is 17.9. The molecule has 0 aliphatic heterocycles. The summed E-state index contributed by atoms with van der Waals surface area (Å²) in [7, 11) is 1.40. The van der Waals surface area contributed by atoms with Crippen LogP contribution in [0.25, 0.3) is 0 Å². The third kappa shape index (κ3) is 3.67. The number of aromatic nitrogens is 1. The molecule has 5 nitrogen and oxygen atoms in total. The summed E-state index contributed by atoms with van der Waals surface area (Å²) >= 11 is 1.33. The van der Waals surface area contributed by atoms with E-state index in [2.05, 4.69) is 10.3 Å². The number of carbonyl (C=O) groups is 1. The number of aromatic hydroxyl groups is 1. The minimum Gasteiger partial charge on any atom is -0.503 e. The summed E-state index contributed by atoms with van der Waals surface area (Å²) in [5.74, 6) is -0.994. The van der Waals surface area contributed by atoms with Crippen molar-refractivity contribution in [2.45, 2.75) is 11.6 Å². The van der Waals surface area contributed by atoms with Gasteiger partial charge in [0.05, 0.1) is 7.11 Å². The molecule has 0 aliphatic rings. The van der Waals surface area contributed by atoms with Crippen LogP contribution in [0.3, 0.4) is 0 Å². The van der Waals surface area contributed by atoms with Gasteiger partial charge in [-0.2, -0.15) is 0 Å². The van der Waals surface area contributed by atoms with Crippen molar-refractivity contribution in [1.82, 2.24) is 10.3 Å². The standard InChI is InChI=1S/C15H15FN2O3S/c1-21-11-7-12(22-2)18-13(14(11)19)15(20)17-8-9-3-5-10(16)6-4-9/h3-7,19H,8H2,1-2H3,(H,17,20). The lowest BCUT2D eigenvalue weighted by atomic mass is 10.2. The SMILES string of the molecule is COc1cc(SC)nc(C(=O)NCc2ccc(F)cc2)c1O. The molecule has 2 N–H and O–H groups in total. The van der Waals surface area contributed by atoms with Gasteiger partial charge in [0.25, 0.3) is 5.91 Å². The number of rotatable bonds is 5. The number of thioether (sulfide) groups is 1. The fourth-order valence-corrected chi connectivity index (χ4v) is 2.19. The van der Waals surface area contributed by atoms with Crippen molar-refractivity contribution in [3.8, 4) is 11.5 Å². The molecule has 0 aliphatic carbocycles. The van der Waals surface area contributed by atoms with Crippen LogP contribution in [0.1, 0.15) is 16.1 Å². The molecular formula is C15H15FN2O3S. The first-order chi connectivity index (χ1) is 10.5. The van der Waals surface area contributed by atoms with E-state index in [0.717, 1.165) is 5.56 Å². The molecule has 1 amide bonds. The monoisotopic (exact) mass is 322 g/mol. The maximum atomic E-state index is 12.8. The number of ether oxygens (including phenoxy) is 1. The average molecular weight is 322 g/mol. The van der Waals surface area contributed by atoms with E-state index >= 15 is 0 Å². The van der Waals surface area contributed by atoms with E-state index in [1.165, 1.54) is 31.0 Å². The van der Waals surface area contributed by atoms with E-state index in [1.54, 1.807) is 24.5 Å². The van der Waals surface area contributed by atoms with Gasteiger partial charge in [0.2, 0.25) is 0 Å². The smallest absolute Gasteiger partial charge is 0.274 e. The third-order valence-electron chi connectivity index (χ3n) is 2.94. The van der Waals surface area contributed by atoms with Gasteiger partial charge >= 0.3 is 0 Å². The Kier molecular flexibility index (Phi) is 5.21. The Labute approximate surface area is 131 Å². The van der Waals surface area contributed by atoms with Crippen molar-refractivity contribution in [2.24, 2.45) is 0 Å². The number of benzene rings is 1. The van der Waals surface area contributed by atoms with Crippen LogP contribution in [-0.4, -0.2) is 29.4 Å². The normalized spacial score (nSPS) is 10.3. The second-order valence-electron chi connectivity index (χ2n) is 4.37. The number of amides is 1. The van der Waals surface area contributed by atoms with Gasteiger partial charge in [-0.1, -0.05) is 12.1 Å². The molecule has 0 fully saturated rings. The van der Waals surface area contributed by atoms with Crippen molar-refractivity contribution >= 4 is 17.7 Å². The van der Waals surface area contributed by atoms with Crippen LogP contribution in [0.5, 0.6) is 11.5 Å². The zero-order valence-corrected chi connectivity index (χ0v) is 12.9. The van der Waals surface area contributed by atoms with Crippen molar-refractivity contribution < 1.29 is 19.0 Å². The molecular weight excluding hydrogens is 307 g/mol. The molecule has 116 valence electrons. The van der Waals surface area contributed by atoms with Gasteiger partial charge in [0, 0.05) is 12.6 Å². The minimum atomic E-state index is -0.531. The minimum absolute atomic E-state index is 0.106. The predicted octanol–water partition coefficient (Wildman–Crippen LogP) is 2.59. The van der Waals surface area contributed by atoms with Gasteiger partial charge in [-0.05, 0) is 24.0 Å². The molecule has 0 unspecified atom stereocenters. The summed E-state index contributed by atoms with van der Waals surface area (Å²) in [5, 5.41) is 13.2. The summed E-state index contributed by atoms with van der Waals surface area (Å²) in [6.45, 7) is 0.200. The highest BCUT2D eigenvalue weighted by Gasteiger charge is 2.18. The van der Waals surface area contributed by atoms with Crippen LogP contribution >= 0.6 is 11.8 Å². The van der Waals surface area contributed by atoms with Crippen LogP contribution in [0, 0.1) is 5.82 Å². The Morgan fingerprint density at radius 3 is 2.68 bits per heavy atom. The average Bonchev–Trinajstić information content (AvgIpc) is 2.54. The lowest BCUT2D eigenvalue weighted by Gasteiger charge is -2.10. The highest BCUT2D eigenvalue weighted by Crippen LogP contribution is 2.32. The highest BCUT2D eigenvalue weighted by atomic mass is 32.2.